The van der Waals surface area contributed by atoms with Gasteiger partial charge in [-0.25, -0.2) is 0 Å². The fourth-order valence-corrected chi connectivity index (χ4v) is 4.49. The lowest BCUT2D eigenvalue weighted by Gasteiger charge is -2.44. The summed E-state index contributed by atoms with van der Waals surface area (Å²) in [5.74, 6) is 1.15. The molecule has 0 N–H and O–H groups in total. The molecule has 7 heteroatoms. The number of carbonyl (C=O) groups is 2. The van der Waals surface area contributed by atoms with Crippen LogP contribution >= 0.6 is 0 Å². The second kappa shape index (κ2) is 9.39. The molecule has 2 aromatic carbocycles. The molecule has 1 fully saturated rings. The number of benzene rings is 2. The van der Waals surface area contributed by atoms with E-state index in [-0.39, 0.29) is 30.2 Å². The molecule has 0 spiro atoms. The summed E-state index contributed by atoms with van der Waals surface area (Å²) in [5, 5.41) is 0. The van der Waals surface area contributed by atoms with Crippen molar-refractivity contribution in [1.29, 1.82) is 0 Å². The van der Waals surface area contributed by atoms with Gasteiger partial charge in [0.15, 0.2) is 0 Å². The van der Waals surface area contributed by atoms with Crippen LogP contribution in [0.5, 0.6) is 11.5 Å². The van der Waals surface area contributed by atoms with Gasteiger partial charge in [-0.05, 0) is 18.2 Å². The van der Waals surface area contributed by atoms with Gasteiger partial charge in [-0.2, -0.15) is 0 Å². The van der Waals surface area contributed by atoms with Crippen molar-refractivity contribution in [2.75, 3.05) is 47.1 Å². The number of ether oxygens (including phenoxy) is 3. The number of para-hydroxylation sites is 2. The minimum absolute atomic E-state index is 0.0205. The lowest BCUT2D eigenvalue weighted by Crippen LogP contribution is -2.51. The summed E-state index contributed by atoms with van der Waals surface area (Å²) >= 11 is 0. The molecular weight excluding hydrogens is 396 g/mol. The van der Waals surface area contributed by atoms with E-state index in [0.29, 0.717) is 44.2 Å². The van der Waals surface area contributed by atoms with Crippen LogP contribution in [0.4, 0.5) is 0 Å². The highest BCUT2D eigenvalue weighted by molar-refractivity contribution is 5.97. The number of hydrogen-bond acceptors (Lipinski definition) is 5. The topological polar surface area (TPSA) is 68.3 Å². The Morgan fingerprint density at radius 3 is 2.71 bits per heavy atom. The normalized spacial score (nSPS) is 20.8. The molecule has 2 heterocycles. The summed E-state index contributed by atoms with van der Waals surface area (Å²) in [6.07, 6.45) is 0.261. The predicted molar refractivity (Wildman–Crippen MR) is 115 cm³/mol. The van der Waals surface area contributed by atoms with Crippen molar-refractivity contribution in [1.82, 2.24) is 9.80 Å². The number of carbonyl (C=O) groups excluding carboxylic acids is 2. The Kier molecular flexibility index (Phi) is 6.42. The molecule has 0 aliphatic carbocycles. The molecule has 4 rings (SSSR count). The Hall–Kier alpha value is -3.06. The van der Waals surface area contributed by atoms with Crippen LogP contribution in [0.15, 0.2) is 48.5 Å². The molecular formula is C24H28N2O5. The molecule has 2 aliphatic heterocycles. The molecule has 2 atom stereocenters. The number of methoxy groups -OCH3 is 2. The van der Waals surface area contributed by atoms with E-state index in [2.05, 4.69) is 0 Å². The molecule has 0 unspecified atom stereocenters. The average Bonchev–Trinajstić information content (AvgIpc) is 2.80. The largest absolute Gasteiger partial charge is 0.496 e. The predicted octanol–water partition coefficient (Wildman–Crippen LogP) is 2.77. The molecule has 1 saturated heterocycles. The van der Waals surface area contributed by atoms with Crippen molar-refractivity contribution in [3.05, 3.63) is 59.7 Å². The van der Waals surface area contributed by atoms with Crippen LogP contribution in [0.3, 0.4) is 0 Å². The Labute approximate surface area is 182 Å². The van der Waals surface area contributed by atoms with Gasteiger partial charge in [0, 0.05) is 44.6 Å². The van der Waals surface area contributed by atoms with Crippen molar-refractivity contribution >= 4 is 11.8 Å². The standard InChI is InChI=1S/C24H28N2O5/c1-29-14-13-25-15-17-16-31-21-10-6-3-7-18(21)23(17)26(12-11-22(25)27)24(28)19-8-4-5-9-20(19)30-2/h3-10,17,23H,11-16H2,1-2H3/t17-,23-/m0/s1. The maximum absolute atomic E-state index is 13.7. The summed E-state index contributed by atoms with van der Waals surface area (Å²) in [6, 6.07) is 14.9. The number of amides is 2. The highest BCUT2D eigenvalue weighted by Crippen LogP contribution is 2.41. The first-order chi connectivity index (χ1) is 15.1. The van der Waals surface area contributed by atoms with E-state index in [1.54, 1.807) is 26.4 Å². The van der Waals surface area contributed by atoms with E-state index in [1.165, 1.54) is 0 Å². The van der Waals surface area contributed by atoms with Gasteiger partial charge in [0.2, 0.25) is 5.91 Å². The third-order valence-corrected chi connectivity index (χ3v) is 6.01. The minimum Gasteiger partial charge on any atom is -0.496 e. The van der Waals surface area contributed by atoms with E-state index < -0.39 is 0 Å². The van der Waals surface area contributed by atoms with Gasteiger partial charge in [0.25, 0.3) is 5.91 Å². The summed E-state index contributed by atoms with van der Waals surface area (Å²) in [7, 11) is 3.19. The van der Waals surface area contributed by atoms with Gasteiger partial charge in [-0.3, -0.25) is 9.59 Å². The van der Waals surface area contributed by atoms with E-state index >= 15 is 0 Å². The third kappa shape index (κ3) is 4.23. The fourth-order valence-electron chi connectivity index (χ4n) is 4.49. The third-order valence-electron chi connectivity index (χ3n) is 6.01. The van der Waals surface area contributed by atoms with E-state index in [1.807, 2.05) is 46.2 Å². The van der Waals surface area contributed by atoms with Crippen LogP contribution < -0.4 is 9.47 Å². The Morgan fingerprint density at radius 2 is 1.90 bits per heavy atom. The van der Waals surface area contributed by atoms with Crippen LogP contribution in [0, 0.1) is 5.92 Å². The molecule has 2 amide bonds. The molecule has 7 nitrogen and oxygen atoms in total. The molecule has 2 aliphatic rings. The van der Waals surface area contributed by atoms with Gasteiger partial charge < -0.3 is 24.0 Å². The molecule has 0 radical (unpaired) electrons. The Bertz CT molecular complexity index is 947. The lowest BCUT2D eigenvalue weighted by atomic mass is 9.87. The van der Waals surface area contributed by atoms with Crippen molar-refractivity contribution < 1.29 is 23.8 Å². The first kappa shape index (κ1) is 21.2. The number of nitrogens with zero attached hydrogens (tertiary/aromatic N) is 2. The van der Waals surface area contributed by atoms with Crippen molar-refractivity contribution in [3.63, 3.8) is 0 Å². The molecule has 0 aromatic heterocycles. The van der Waals surface area contributed by atoms with Gasteiger partial charge in [0.1, 0.15) is 11.5 Å². The van der Waals surface area contributed by atoms with Crippen molar-refractivity contribution in [2.24, 2.45) is 5.92 Å². The summed E-state index contributed by atoms with van der Waals surface area (Å²) in [6.45, 7) is 2.28. The summed E-state index contributed by atoms with van der Waals surface area (Å²) in [4.78, 5) is 30.3. The van der Waals surface area contributed by atoms with Crippen molar-refractivity contribution in [3.8, 4) is 11.5 Å². The molecule has 2 aromatic rings. The average molecular weight is 424 g/mol. The monoisotopic (exact) mass is 424 g/mol. The van der Waals surface area contributed by atoms with Gasteiger partial charge in [-0.1, -0.05) is 30.3 Å². The highest BCUT2D eigenvalue weighted by Gasteiger charge is 2.41. The smallest absolute Gasteiger partial charge is 0.258 e. The summed E-state index contributed by atoms with van der Waals surface area (Å²) < 4.78 is 16.7. The van der Waals surface area contributed by atoms with Gasteiger partial charge >= 0.3 is 0 Å². The maximum Gasteiger partial charge on any atom is 0.258 e. The van der Waals surface area contributed by atoms with Crippen molar-refractivity contribution in [2.45, 2.75) is 12.5 Å². The fraction of sp³-hybridized carbons (Fsp3) is 0.417. The van der Waals surface area contributed by atoms with Crippen LogP contribution in [-0.4, -0.2) is 68.7 Å². The Morgan fingerprint density at radius 1 is 1.13 bits per heavy atom. The quantitative estimate of drug-likeness (QED) is 0.738. The van der Waals surface area contributed by atoms with E-state index in [9.17, 15) is 9.59 Å². The first-order valence-electron chi connectivity index (χ1n) is 10.6. The molecule has 0 saturated carbocycles. The van der Waals surface area contributed by atoms with Crippen LogP contribution in [0.2, 0.25) is 0 Å². The number of fused-ring (bicyclic) bond motifs is 3. The SMILES string of the molecule is COCCN1C[C@H]2COc3ccccc3[C@H]2N(C(=O)c2ccccc2OC)CCC1=O. The molecule has 0 bridgehead atoms. The zero-order valence-corrected chi connectivity index (χ0v) is 18.0. The zero-order valence-electron chi connectivity index (χ0n) is 18.0. The first-order valence-corrected chi connectivity index (χ1v) is 10.6. The van der Waals surface area contributed by atoms with E-state index in [0.717, 1.165) is 11.3 Å². The van der Waals surface area contributed by atoms with Crippen LogP contribution in [0.1, 0.15) is 28.4 Å². The second-order valence-corrected chi connectivity index (χ2v) is 7.84. The lowest BCUT2D eigenvalue weighted by molar-refractivity contribution is -0.135. The minimum atomic E-state index is -0.194. The summed E-state index contributed by atoms with van der Waals surface area (Å²) in [5.41, 5.74) is 1.47. The van der Waals surface area contributed by atoms with Crippen LogP contribution in [0.25, 0.3) is 0 Å². The highest BCUT2D eigenvalue weighted by atomic mass is 16.5. The molecule has 164 valence electrons. The number of rotatable bonds is 5. The maximum atomic E-state index is 13.7. The second-order valence-electron chi connectivity index (χ2n) is 7.84. The van der Waals surface area contributed by atoms with Crippen LogP contribution in [-0.2, 0) is 9.53 Å². The number of hydrogen-bond donors (Lipinski definition) is 0. The zero-order chi connectivity index (χ0) is 21.8. The van der Waals surface area contributed by atoms with Gasteiger partial charge in [-0.15, -0.1) is 0 Å². The Balaban J connectivity index is 1.74. The van der Waals surface area contributed by atoms with E-state index in [4.69, 9.17) is 14.2 Å². The molecule has 31 heavy (non-hydrogen) atoms. The van der Waals surface area contributed by atoms with Gasteiger partial charge in [0.05, 0.1) is 31.9 Å².